The molecule has 7 nitrogen and oxygen atoms in total. The molecule has 0 N–H and O–H groups in total. The molecule has 0 rings (SSSR count). The minimum absolute atomic E-state index is 0.171. The highest BCUT2D eigenvalue weighted by atomic mass is 31.2. The molecule has 0 heterocycles. The summed E-state index contributed by atoms with van der Waals surface area (Å²) in [6.45, 7) is 6.02. The van der Waals surface area contributed by atoms with Gasteiger partial charge in [0.2, 0.25) is 0 Å². The van der Waals surface area contributed by atoms with Gasteiger partial charge < -0.3 is 13.8 Å². The molecule has 0 aromatic heterocycles. The highest BCUT2D eigenvalue weighted by Crippen LogP contribution is 2.50. The molecule has 8 heteroatoms. The number of carbonyl (C=O) groups excluding carboxylic acids is 3. The minimum Gasteiger partial charge on any atom is -0.358 e. The third kappa shape index (κ3) is 6.78. The van der Waals surface area contributed by atoms with Crippen LogP contribution >= 0.6 is 7.82 Å². The zero-order valence-corrected chi connectivity index (χ0v) is 10.5. The Morgan fingerprint density at radius 1 is 1.11 bits per heavy atom. The lowest BCUT2D eigenvalue weighted by molar-refractivity contribution is -0.135. The smallest absolute Gasteiger partial charge is 0.358 e. The van der Waals surface area contributed by atoms with Gasteiger partial charge in [-0.25, -0.2) is 14.2 Å². The molecule has 0 aromatic rings. The van der Waals surface area contributed by atoms with Gasteiger partial charge in [-0.2, -0.15) is 0 Å². The maximum absolute atomic E-state index is 11.8. The number of hydrogen-bond donors (Lipinski definition) is 0. The normalized spacial score (nSPS) is 10.2. The van der Waals surface area contributed by atoms with Gasteiger partial charge in [0.15, 0.2) is 0 Å². The third-order valence-electron chi connectivity index (χ3n) is 1.45. The van der Waals surface area contributed by atoms with E-state index in [0.717, 1.165) is 12.2 Å². The molecule has 0 aliphatic carbocycles. The van der Waals surface area contributed by atoms with Crippen LogP contribution < -0.4 is 0 Å². The van der Waals surface area contributed by atoms with Crippen molar-refractivity contribution < 1.29 is 32.5 Å². The van der Waals surface area contributed by atoms with Gasteiger partial charge in [0.05, 0.1) is 6.61 Å². The molecule has 0 spiro atoms. The van der Waals surface area contributed by atoms with Crippen LogP contribution in [0.4, 0.5) is 0 Å². The number of unbranched alkanes of at least 4 members (excludes halogenated alkanes) is 1. The summed E-state index contributed by atoms with van der Waals surface area (Å²) in [6.07, 6.45) is 2.53. The Morgan fingerprint density at radius 2 is 1.61 bits per heavy atom. The molecular weight excluding hydrogens is 263 g/mol. The SMILES string of the molecule is C=CC(=O)OP(=O)(OCCCC=O)OC(=O)C=C. The first-order valence-electron chi connectivity index (χ1n) is 4.87. The largest absolute Gasteiger partial charge is 0.592 e. The first kappa shape index (κ1) is 16.3. The molecule has 0 aliphatic rings. The highest BCUT2D eigenvalue weighted by Gasteiger charge is 2.33. The Bertz CT molecular complexity index is 362. The van der Waals surface area contributed by atoms with E-state index in [4.69, 9.17) is 4.52 Å². The molecule has 0 saturated carbocycles. The van der Waals surface area contributed by atoms with E-state index in [1.165, 1.54) is 0 Å². The molecule has 0 amide bonds. The predicted octanol–water partition coefficient (Wildman–Crippen LogP) is 1.55. The van der Waals surface area contributed by atoms with Gasteiger partial charge in [-0.15, -0.1) is 0 Å². The van der Waals surface area contributed by atoms with E-state index in [1.807, 2.05) is 0 Å². The van der Waals surface area contributed by atoms with Crippen LogP contribution in [0.1, 0.15) is 12.8 Å². The van der Waals surface area contributed by atoms with E-state index in [9.17, 15) is 18.9 Å². The summed E-state index contributed by atoms with van der Waals surface area (Å²) >= 11 is 0. The van der Waals surface area contributed by atoms with Crippen molar-refractivity contribution in [2.75, 3.05) is 6.61 Å². The van der Waals surface area contributed by atoms with Crippen LogP contribution in [0.25, 0.3) is 0 Å². The zero-order chi connectivity index (χ0) is 14.0. The maximum Gasteiger partial charge on any atom is 0.592 e. The summed E-state index contributed by atoms with van der Waals surface area (Å²) in [6, 6.07) is 0. The summed E-state index contributed by atoms with van der Waals surface area (Å²) in [4.78, 5) is 31.9. The third-order valence-corrected chi connectivity index (χ3v) is 2.76. The van der Waals surface area contributed by atoms with Crippen LogP contribution in [-0.2, 0) is 32.5 Å². The van der Waals surface area contributed by atoms with Crippen LogP contribution in [0.15, 0.2) is 25.3 Å². The number of aldehydes is 1. The Balaban J connectivity index is 4.57. The lowest BCUT2D eigenvalue weighted by Crippen LogP contribution is -2.08. The van der Waals surface area contributed by atoms with Crippen molar-refractivity contribution in [2.45, 2.75) is 12.8 Å². The van der Waals surface area contributed by atoms with Crippen molar-refractivity contribution in [2.24, 2.45) is 0 Å². The molecule has 0 unspecified atom stereocenters. The molecule has 0 aliphatic heterocycles. The van der Waals surface area contributed by atoms with Gasteiger partial charge in [-0.05, 0) is 6.42 Å². The van der Waals surface area contributed by atoms with Crippen molar-refractivity contribution in [3.8, 4) is 0 Å². The van der Waals surface area contributed by atoms with Gasteiger partial charge in [-0.3, -0.25) is 4.52 Å². The maximum atomic E-state index is 11.8. The van der Waals surface area contributed by atoms with Crippen molar-refractivity contribution in [3.63, 3.8) is 0 Å². The summed E-state index contributed by atoms with van der Waals surface area (Å²) in [7, 11) is -4.36. The summed E-state index contributed by atoms with van der Waals surface area (Å²) in [5.41, 5.74) is 0. The molecule has 18 heavy (non-hydrogen) atoms. The molecule has 100 valence electrons. The van der Waals surface area contributed by atoms with Crippen molar-refractivity contribution in [1.82, 2.24) is 0 Å². The van der Waals surface area contributed by atoms with E-state index in [2.05, 4.69) is 22.2 Å². The average molecular weight is 276 g/mol. The van der Waals surface area contributed by atoms with E-state index >= 15 is 0 Å². The second kappa shape index (κ2) is 8.38. The van der Waals surface area contributed by atoms with Crippen molar-refractivity contribution in [3.05, 3.63) is 25.3 Å². The summed E-state index contributed by atoms with van der Waals surface area (Å²) in [5.74, 6) is -2.13. The topological polar surface area (TPSA) is 96.0 Å². The second-order valence-electron chi connectivity index (χ2n) is 2.82. The number of carbonyl (C=O) groups is 3. The van der Waals surface area contributed by atoms with Gasteiger partial charge in [-0.1, -0.05) is 13.2 Å². The van der Waals surface area contributed by atoms with Gasteiger partial charge >= 0.3 is 19.8 Å². The molecule has 0 fully saturated rings. The van der Waals surface area contributed by atoms with Gasteiger partial charge in [0, 0.05) is 18.6 Å². The van der Waals surface area contributed by atoms with E-state index in [0.29, 0.717) is 6.29 Å². The monoisotopic (exact) mass is 276 g/mol. The lowest BCUT2D eigenvalue weighted by atomic mass is 10.4. The van der Waals surface area contributed by atoms with Crippen LogP contribution in [0, 0.1) is 0 Å². The summed E-state index contributed by atoms with van der Waals surface area (Å²) in [5, 5.41) is 0. The molecule has 0 bridgehead atoms. The van der Waals surface area contributed by atoms with Gasteiger partial charge in [0.25, 0.3) is 0 Å². The molecule has 0 saturated heterocycles. The predicted molar refractivity (Wildman–Crippen MR) is 61.4 cm³/mol. The van der Waals surface area contributed by atoms with Crippen LogP contribution in [-0.4, -0.2) is 24.8 Å². The fourth-order valence-electron chi connectivity index (χ4n) is 0.709. The second-order valence-corrected chi connectivity index (χ2v) is 4.34. The minimum atomic E-state index is -4.36. The van der Waals surface area contributed by atoms with Crippen LogP contribution in [0.2, 0.25) is 0 Å². The van der Waals surface area contributed by atoms with Crippen molar-refractivity contribution >= 4 is 26.0 Å². The Kier molecular flexibility index (Phi) is 7.58. The molecule has 0 atom stereocenters. The lowest BCUT2D eigenvalue weighted by Gasteiger charge is -2.14. The van der Waals surface area contributed by atoms with Gasteiger partial charge in [0.1, 0.15) is 6.29 Å². The fraction of sp³-hybridized carbons (Fsp3) is 0.300. The first-order chi connectivity index (χ1) is 8.47. The summed E-state index contributed by atoms with van der Waals surface area (Å²) < 4.78 is 25.2. The first-order valence-corrected chi connectivity index (χ1v) is 6.33. The number of hydrogen-bond acceptors (Lipinski definition) is 7. The number of rotatable bonds is 9. The quantitative estimate of drug-likeness (QED) is 0.273. The van der Waals surface area contributed by atoms with Crippen LogP contribution in [0.3, 0.4) is 0 Å². The van der Waals surface area contributed by atoms with E-state index in [-0.39, 0.29) is 19.4 Å². The molecular formula is C10H13O7P. The standard InChI is InChI=1S/C10H13O7P/c1-3-9(12)16-18(14,17-10(13)4-2)15-8-6-5-7-11/h3-4,7H,1-2,5-6,8H2. The van der Waals surface area contributed by atoms with Crippen molar-refractivity contribution in [1.29, 1.82) is 0 Å². The average Bonchev–Trinajstić information content (AvgIpc) is 2.34. The Labute approximate surface area is 104 Å². The number of phosphoric ester groups is 1. The van der Waals surface area contributed by atoms with E-state index < -0.39 is 19.8 Å². The number of phosphoric acid groups is 1. The Morgan fingerprint density at radius 3 is 2.00 bits per heavy atom. The molecule has 0 radical (unpaired) electrons. The van der Waals surface area contributed by atoms with E-state index in [1.54, 1.807) is 0 Å². The fourth-order valence-corrected chi connectivity index (χ4v) is 1.79. The highest BCUT2D eigenvalue weighted by molar-refractivity contribution is 7.49. The Hall–Kier alpha value is -1.72. The zero-order valence-electron chi connectivity index (χ0n) is 9.57. The van der Waals surface area contributed by atoms with Crippen LogP contribution in [0.5, 0.6) is 0 Å². The molecule has 0 aromatic carbocycles.